The van der Waals surface area contributed by atoms with Crippen molar-refractivity contribution in [2.45, 2.75) is 12.5 Å². The molecule has 1 amide bonds. The maximum atomic E-state index is 13.1. The van der Waals surface area contributed by atoms with Crippen LogP contribution in [0, 0.1) is 11.6 Å². The highest BCUT2D eigenvalue weighted by atomic mass is 32.2. The number of rotatable bonds is 6. The first-order chi connectivity index (χ1) is 11.7. The average Bonchev–Trinajstić information content (AvgIpc) is 2.53. The number of amides is 1. The van der Waals surface area contributed by atoms with E-state index in [4.69, 9.17) is 0 Å². The number of sulfonamides is 1. The second-order valence-electron chi connectivity index (χ2n) is 5.63. The van der Waals surface area contributed by atoms with Gasteiger partial charge in [0.15, 0.2) is 0 Å². The Morgan fingerprint density at radius 3 is 2.00 bits per heavy atom. The van der Waals surface area contributed by atoms with Crippen LogP contribution in [0.5, 0.6) is 0 Å². The minimum Gasteiger partial charge on any atom is -0.315 e. The molecule has 1 N–H and O–H groups in total. The van der Waals surface area contributed by atoms with E-state index in [1.807, 2.05) is 0 Å². The van der Waals surface area contributed by atoms with Gasteiger partial charge in [-0.15, -0.1) is 0 Å². The summed E-state index contributed by atoms with van der Waals surface area (Å²) < 4.78 is 51.6. The molecule has 0 spiro atoms. The summed E-state index contributed by atoms with van der Waals surface area (Å²) in [6, 6.07) is 9.74. The molecule has 25 heavy (non-hydrogen) atoms. The monoisotopic (exact) mass is 368 g/mol. The van der Waals surface area contributed by atoms with Gasteiger partial charge in [0.2, 0.25) is 15.9 Å². The lowest BCUT2D eigenvalue weighted by molar-refractivity contribution is -0.118. The Kier molecular flexibility index (Phi) is 5.86. The second kappa shape index (κ2) is 7.71. The predicted molar refractivity (Wildman–Crippen MR) is 91.5 cm³/mol. The number of halogens is 2. The number of benzene rings is 2. The topological polar surface area (TPSA) is 66.5 Å². The van der Waals surface area contributed by atoms with E-state index in [1.165, 1.54) is 60.5 Å². The third-order valence-corrected chi connectivity index (χ3v) is 4.31. The molecule has 8 heteroatoms. The highest BCUT2D eigenvalue weighted by Gasteiger charge is 2.22. The molecule has 134 valence electrons. The average molecular weight is 368 g/mol. The van der Waals surface area contributed by atoms with Crippen molar-refractivity contribution in [3.05, 3.63) is 65.7 Å². The summed E-state index contributed by atoms with van der Waals surface area (Å²) in [6.07, 6.45) is 0.810. The van der Waals surface area contributed by atoms with Gasteiger partial charge in [-0.3, -0.25) is 4.79 Å². The molecular weight excluding hydrogens is 350 g/mol. The van der Waals surface area contributed by atoms with E-state index in [2.05, 4.69) is 4.72 Å². The molecule has 0 heterocycles. The zero-order chi connectivity index (χ0) is 18.6. The van der Waals surface area contributed by atoms with Crippen molar-refractivity contribution in [2.75, 3.05) is 18.2 Å². The van der Waals surface area contributed by atoms with Gasteiger partial charge < -0.3 is 4.90 Å². The number of carbonyl (C=O) groups excluding carboxylic acids is 1. The van der Waals surface area contributed by atoms with Gasteiger partial charge >= 0.3 is 0 Å². The molecule has 0 radical (unpaired) electrons. The zero-order valence-electron chi connectivity index (χ0n) is 13.7. The van der Waals surface area contributed by atoms with E-state index in [0.29, 0.717) is 11.3 Å². The van der Waals surface area contributed by atoms with Crippen molar-refractivity contribution in [2.24, 2.45) is 0 Å². The maximum Gasteiger partial charge on any atom is 0.228 e. The van der Waals surface area contributed by atoms with Crippen LogP contribution in [0.25, 0.3) is 0 Å². The van der Waals surface area contributed by atoms with Crippen molar-refractivity contribution >= 4 is 21.6 Å². The van der Waals surface area contributed by atoms with Crippen LogP contribution in [-0.2, 0) is 14.8 Å². The molecule has 2 aromatic rings. The minimum absolute atomic E-state index is 0.174. The van der Waals surface area contributed by atoms with Crippen molar-refractivity contribution in [1.29, 1.82) is 0 Å². The molecule has 2 rings (SSSR count). The Morgan fingerprint density at radius 2 is 1.52 bits per heavy atom. The van der Waals surface area contributed by atoms with Gasteiger partial charge in [0, 0.05) is 19.2 Å². The number of nitrogens with one attached hydrogen (secondary N) is 1. The molecule has 1 atom stereocenters. The Morgan fingerprint density at radius 1 is 1.04 bits per heavy atom. The van der Waals surface area contributed by atoms with Gasteiger partial charge in [-0.05, 0) is 42.0 Å². The fraction of sp³-hybridized carbons (Fsp3) is 0.235. The normalized spacial score (nSPS) is 12.6. The summed E-state index contributed by atoms with van der Waals surface area (Å²) in [5, 5.41) is 0. The Bertz CT molecular complexity index is 837. The fourth-order valence-corrected chi connectivity index (χ4v) is 3.04. The molecule has 0 bridgehead atoms. The zero-order valence-corrected chi connectivity index (χ0v) is 14.6. The van der Waals surface area contributed by atoms with Crippen LogP contribution in [0.4, 0.5) is 14.5 Å². The molecule has 0 fully saturated rings. The molecule has 0 aliphatic rings. The van der Waals surface area contributed by atoms with Gasteiger partial charge in [-0.1, -0.05) is 12.1 Å². The third-order valence-electron chi connectivity index (χ3n) is 3.60. The standard InChI is InChI=1S/C17H18F2N2O3S/c1-21(15-9-7-14(19)8-10-15)17(22)11-16(20-25(2,23)24)12-3-5-13(18)6-4-12/h3-10,16,20H,11H2,1-2H3. The summed E-state index contributed by atoms with van der Waals surface area (Å²) in [5.41, 5.74) is 0.941. The van der Waals surface area contributed by atoms with E-state index in [0.717, 1.165) is 6.26 Å². The highest BCUT2D eigenvalue weighted by molar-refractivity contribution is 7.88. The van der Waals surface area contributed by atoms with Gasteiger partial charge in [0.05, 0.1) is 12.3 Å². The number of nitrogens with zero attached hydrogens (tertiary/aromatic N) is 1. The first kappa shape index (κ1) is 19.0. The van der Waals surface area contributed by atoms with E-state index >= 15 is 0 Å². The maximum absolute atomic E-state index is 13.1. The predicted octanol–water partition coefficient (Wildman–Crippen LogP) is 2.61. The minimum atomic E-state index is -3.59. The molecule has 0 saturated heterocycles. The fourth-order valence-electron chi connectivity index (χ4n) is 2.30. The van der Waals surface area contributed by atoms with Crippen LogP contribution in [0.3, 0.4) is 0 Å². The lowest BCUT2D eigenvalue weighted by atomic mass is 10.0. The third kappa shape index (κ3) is 5.61. The summed E-state index contributed by atoms with van der Waals surface area (Å²) in [7, 11) is -2.08. The first-order valence-corrected chi connectivity index (χ1v) is 9.30. The van der Waals surface area contributed by atoms with Gasteiger partial charge in [0.25, 0.3) is 0 Å². The lowest BCUT2D eigenvalue weighted by Crippen LogP contribution is -2.34. The van der Waals surface area contributed by atoms with Crippen LogP contribution >= 0.6 is 0 Å². The van der Waals surface area contributed by atoms with E-state index < -0.39 is 27.7 Å². The summed E-state index contributed by atoms with van der Waals surface area (Å²) in [5.74, 6) is -1.26. The molecule has 1 unspecified atom stereocenters. The van der Waals surface area contributed by atoms with Crippen LogP contribution in [0.1, 0.15) is 18.0 Å². The van der Waals surface area contributed by atoms with Crippen LogP contribution in [-0.4, -0.2) is 27.6 Å². The Labute approximate surface area is 145 Å². The second-order valence-corrected chi connectivity index (χ2v) is 7.41. The molecular formula is C17H18F2N2O3S. The number of hydrogen-bond acceptors (Lipinski definition) is 3. The first-order valence-electron chi connectivity index (χ1n) is 7.40. The molecule has 0 aromatic heterocycles. The van der Waals surface area contributed by atoms with Crippen molar-refractivity contribution in [1.82, 2.24) is 4.72 Å². The largest absolute Gasteiger partial charge is 0.315 e. The summed E-state index contributed by atoms with van der Waals surface area (Å²) in [4.78, 5) is 13.8. The smallest absolute Gasteiger partial charge is 0.228 e. The SMILES string of the molecule is CN(C(=O)CC(NS(C)(=O)=O)c1ccc(F)cc1)c1ccc(F)cc1. The number of carbonyl (C=O) groups is 1. The Balaban J connectivity index is 2.21. The van der Waals surface area contributed by atoms with Crippen LogP contribution in [0.15, 0.2) is 48.5 Å². The number of anilines is 1. The summed E-state index contributed by atoms with van der Waals surface area (Å²) >= 11 is 0. The number of hydrogen-bond donors (Lipinski definition) is 1. The van der Waals surface area contributed by atoms with Crippen molar-refractivity contribution in [3.63, 3.8) is 0 Å². The van der Waals surface area contributed by atoms with Gasteiger partial charge in [-0.2, -0.15) is 0 Å². The van der Waals surface area contributed by atoms with Crippen molar-refractivity contribution < 1.29 is 22.0 Å². The highest BCUT2D eigenvalue weighted by Crippen LogP contribution is 2.21. The molecule has 0 aliphatic carbocycles. The molecule has 0 saturated carbocycles. The van der Waals surface area contributed by atoms with E-state index in [9.17, 15) is 22.0 Å². The summed E-state index contributed by atoms with van der Waals surface area (Å²) in [6.45, 7) is 0. The molecule has 0 aliphatic heterocycles. The molecule has 2 aromatic carbocycles. The van der Waals surface area contributed by atoms with Gasteiger partial charge in [-0.25, -0.2) is 21.9 Å². The van der Waals surface area contributed by atoms with Crippen molar-refractivity contribution in [3.8, 4) is 0 Å². The Hall–Kier alpha value is -2.32. The van der Waals surface area contributed by atoms with Gasteiger partial charge in [0.1, 0.15) is 11.6 Å². The molecule has 5 nitrogen and oxygen atoms in total. The quantitative estimate of drug-likeness (QED) is 0.852. The van der Waals surface area contributed by atoms with Crippen LogP contribution in [0.2, 0.25) is 0 Å². The van der Waals surface area contributed by atoms with Crippen LogP contribution < -0.4 is 9.62 Å². The lowest BCUT2D eigenvalue weighted by Gasteiger charge is -2.22. The van der Waals surface area contributed by atoms with E-state index in [1.54, 1.807) is 0 Å². The van der Waals surface area contributed by atoms with E-state index in [-0.39, 0.29) is 12.3 Å².